The van der Waals surface area contributed by atoms with E-state index < -0.39 is 0 Å². The van der Waals surface area contributed by atoms with Crippen LogP contribution in [0.5, 0.6) is 0 Å². The van der Waals surface area contributed by atoms with E-state index in [1.54, 1.807) is 0 Å². The van der Waals surface area contributed by atoms with Crippen LogP contribution in [0, 0.1) is 11.3 Å². The van der Waals surface area contributed by atoms with Crippen molar-refractivity contribution in [2.24, 2.45) is 17.1 Å². The molecule has 0 aromatic carbocycles. The lowest BCUT2D eigenvalue weighted by Crippen LogP contribution is -2.55. The zero-order valence-corrected chi connectivity index (χ0v) is 12.0. The second kappa shape index (κ2) is 4.66. The highest BCUT2D eigenvalue weighted by Crippen LogP contribution is 2.33. The van der Waals surface area contributed by atoms with Crippen molar-refractivity contribution in [1.29, 1.82) is 0 Å². The van der Waals surface area contributed by atoms with Gasteiger partial charge in [0.25, 0.3) is 0 Å². The molecule has 0 spiro atoms. The van der Waals surface area contributed by atoms with Crippen molar-refractivity contribution >= 4 is 0 Å². The molecule has 16 heavy (non-hydrogen) atoms. The molecule has 1 heterocycles. The highest BCUT2D eigenvalue weighted by atomic mass is 15.2. The first-order valence-corrected chi connectivity index (χ1v) is 6.62. The van der Waals surface area contributed by atoms with E-state index >= 15 is 0 Å². The minimum absolute atomic E-state index is 0.298. The van der Waals surface area contributed by atoms with E-state index in [1.165, 1.54) is 6.42 Å². The molecule has 1 rings (SSSR count). The summed E-state index contributed by atoms with van der Waals surface area (Å²) in [4.78, 5) is 2.63. The average Bonchev–Trinajstić information content (AvgIpc) is 2.05. The molecule has 1 saturated heterocycles. The normalized spacial score (nSPS) is 29.4. The minimum atomic E-state index is 0.298. The number of hydrogen-bond donors (Lipinski definition) is 1. The quantitative estimate of drug-likeness (QED) is 0.784. The lowest BCUT2D eigenvalue weighted by molar-refractivity contribution is 0.0344. The van der Waals surface area contributed by atoms with Gasteiger partial charge in [-0.1, -0.05) is 27.7 Å². The standard InChI is InChI=1S/C14H30N2/c1-11-9-16(8-7-12(11)15)14(5,6)10-13(2,3)4/h11-12H,7-10,15H2,1-6H3. The molecule has 0 aliphatic carbocycles. The molecule has 0 bridgehead atoms. The van der Waals surface area contributed by atoms with Gasteiger partial charge in [0.2, 0.25) is 0 Å². The Hall–Kier alpha value is -0.0800. The second-order valence-corrected chi connectivity index (χ2v) is 7.43. The molecule has 2 unspecified atom stereocenters. The maximum atomic E-state index is 6.08. The summed E-state index contributed by atoms with van der Waals surface area (Å²) < 4.78 is 0. The zero-order chi connectivity index (χ0) is 12.6. The zero-order valence-electron chi connectivity index (χ0n) is 12.0. The lowest BCUT2D eigenvalue weighted by atomic mass is 9.79. The summed E-state index contributed by atoms with van der Waals surface area (Å²) in [7, 11) is 0. The van der Waals surface area contributed by atoms with E-state index in [9.17, 15) is 0 Å². The van der Waals surface area contributed by atoms with E-state index in [0.29, 0.717) is 22.9 Å². The Kier molecular flexibility index (Phi) is 4.07. The third-order valence-corrected chi connectivity index (χ3v) is 3.79. The van der Waals surface area contributed by atoms with E-state index in [-0.39, 0.29) is 0 Å². The van der Waals surface area contributed by atoms with Gasteiger partial charge in [-0.25, -0.2) is 0 Å². The Balaban J connectivity index is 2.62. The van der Waals surface area contributed by atoms with Crippen molar-refractivity contribution in [1.82, 2.24) is 4.90 Å². The fourth-order valence-electron chi connectivity index (χ4n) is 3.12. The summed E-state index contributed by atoms with van der Waals surface area (Å²) in [5.74, 6) is 0.632. The highest BCUT2D eigenvalue weighted by Gasteiger charge is 2.35. The molecule has 2 nitrogen and oxygen atoms in total. The minimum Gasteiger partial charge on any atom is -0.327 e. The fourth-order valence-corrected chi connectivity index (χ4v) is 3.12. The van der Waals surface area contributed by atoms with E-state index in [1.807, 2.05) is 0 Å². The monoisotopic (exact) mass is 226 g/mol. The molecule has 96 valence electrons. The van der Waals surface area contributed by atoms with Crippen LogP contribution < -0.4 is 5.73 Å². The molecule has 2 N–H and O–H groups in total. The van der Waals surface area contributed by atoms with E-state index in [0.717, 1.165) is 19.5 Å². The highest BCUT2D eigenvalue weighted by molar-refractivity contribution is 4.91. The summed E-state index contributed by atoms with van der Waals surface area (Å²) in [5.41, 5.74) is 6.78. The van der Waals surface area contributed by atoms with Crippen LogP contribution in [0.2, 0.25) is 0 Å². The van der Waals surface area contributed by atoms with Gasteiger partial charge >= 0.3 is 0 Å². The molecular formula is C14H30N2. The third-order valence-electron chi connectivity index (χ3n) is 3.79. The Labute approximate surface area is 102 Å². The summed E-state index contributed by atoms with van der Waals surface area (Å²) in [6.07, 6.45) is 2.39. The van der Waals surface area contributed by atoms with Crippen molar-refractivity contribution in [2.75, 3.05) is 13.1 Å². The predicted molar refractivity (Wildman–Crippen MR) is 71.5 cm³/mol. The first kappa shape index (κ1) is 14.0. The van der Waals surface area contributed by atoms with Crippen molar-refractivity contribution in [3.05, 3.63) is 0 Å². The van der Waals surface area contributed by atoms with Crippen LogP contribution in [0.1, 0.15) is 54.4 Å². The Morgan fingerprint density at radius 1 is 1.19 bits per heavy atom. The van der Waals surface area contributed by atoms with Gasteiger partial charge < -0.3 is 5.73 Å². The first-order valence-electron chi connectivity index (χ1n) is 6.62. The predicted octanol–water partition coefficient (Wildman–Crippen LogP) is 2.87. The van der Waals surface area contributed by atoms with Crippen LogP contribution >= 0.6 is 0 Å². The van der Waals surface area contributed by atoms with E-state index in [4.69, 9.17) is 5.73 Å². The van der Waals surface area contributed by atoms with Gasteiger partial charge in [0, 0.05) is 24.7 Å². The maximum absolute atomic E-state index is 6.08. The van der Waals surface area contributed by atoms with Crippen LogP contribution in [-0.4, -0.2) is 29.6 Å². The molecule has 1 fully saturated rings. The summed E-state index contributed by atoms with van der Waals surface area (Å²) in [5, 5.41) is 0. The largest absolute Gasteiger partial charge is 0.327 e. The average molecular weight is 226 g/mol. The first-order chi connectivity index (χ1) is 7.12. The molecular weight excluding hydrogens is 196 g/mol. The van der Waals surface area contributed by atoms with Crippen LogP contribution in [-0.2, 0) is 0 Å². The second-order valence-electron chi connectivity index (χ2n) is 7.43. The molecule has 2 atom stereocenters. The maximum Gasteiger partial charge on any atom is 0.0158 e. The van der Waals surface area contributed by atoms with Gasteiger partial charge in [-0.2, -0.15) is 0 Å². The van der Waals surface area contributed by atoms with Gasteiger partial charge in [0.15, 0.2) is 0 Å². The SMILES string of the molecule is CC1CN(C(C)(C)CC(C)(C)C)CCC1N. The Morgan fingerprint density at radius 3 is 2.19 bits per heavy atom. The topological polar surface area (TPSA) is 29.3 Å². The van der Waals surface area contributed by atoms with Crippen molar-refractivity contribution < 1.29 is 0 Å². The molecule has 0 aromatic rings. The molecule has 1 aliphatic rings. The van der Waals surface area contributed by atoms with Crippen LogP contribution in [0.15, 0.2) is 0 Å². The Morgan fingerprint density at radius 2 is 1.75 bits per heavy atom. The van der Waals surface area contributed by atoms with Crippen molar-refractivity contribution in [2.45, 2.75) is 66.0 Å². The van der Waals surface area contributed by atoms with Crippen LogP contribution in [0.4, 0.5) is 0 Å². The molecule has 2 heteroatoms. The van der Waals surface area contributed by atoms with Gasteiger partial charge in [-0.05, 0) is 38.0 Å². The molecule has 0 aromatic heterocycles. The number of hydrogen-bond acceptors (Lipinski definition) is 2. The smallest absolute Gasteiger partial charge is 0.0158 e. The van der Waals surface area contributed by atoms with E-state index in [2.05, 4.69) is 46.4 Å². The lowest BCUT2D eigenvalue weighted by Gasteiger charge is -2.47. The van der Waals surface area contributed by atoms with Gasteiger partial charge in [-0.3, -0.25) is 4.90 Å². The summed E-state index contributed by atoms with van der Waals surface area (Å²) >= 11 is 0. The van der Waals surface area contributed by atoms with Crippen molar-refractivity contribution in [3.63, 3.8) is 0 Å². The number of rotatable bonds is 2. The number of nitrogens with two attached hydrogens (primary N) is 1. The summed E-state index contributed by atoms with van der Waals surface area (Å²) in [6, 6.07) is 0.404. The summed E-state index contributed by atoms with van der Waals surface area (Å²) in [6.45, 7) is 16.3. The third kappa shape index (κ3) is 3.74. The molecule has 0 radical (unpaired) electrons. The van der Waals surface area contributed by atoms with Crippen molar-refractivity contribution in [3.8, 4) is 0 Å². The Bertz CT molecular complexity index is 227. The van der Waals surface area contributed by atoms with Gasteiger partial charge in [-0.15, -0.1) is 0 Å². The molecule has 0 amide bonds. The van der Waals surface area contributed by atoms with Crippen LogP contribution in [0.25, 0.3) is 0 Å². The molecule has 0 saturated carbocycles. The molecule has 1 aliphatic heterocycles. The van der Waals surface area contributed by atoms with Gasteiger partial charge in [0.05, 0.1) is 0 Å². The van der Waals surface area contributed by atoms with Crippen LogP contribution in [0.3, 0.4) is 0 Å². The number of piperidine rings is 1. The van der Waals surface area contributed by atoms with Gasteiger partial charge in [0.1, 0.15) is 0 Å². The number of likely N-dealkylation sites (tertiary alicyclic amines) is 1. The number of nitrogens with zero attached hydrogens (tertiary/aromatic N) is 1. The fraction of sp³-hybridized carbons (Fsp3) is 1.00.